The van der Waals surface area contributed by atoms with Crippen LogP contribution in [0.15, 0.2) is 54.6 Å². The zero-order valence-electron chi connectivity index (χ0n) is 18.5. The summed E-state index contributed by atoms with van der Waals surface area (Å²) < 4.78 is 6.86. The molecule has 0 amide bonds. The second-order valence-electron chi connectivity index (χ2n) is 8.18. The lowest BCUT2D eigenvalue weighted by Crippen LogP contribution is -2.29. The van der Waals surface area contributed by atoms with Crippen LogP contribution in [0.3, 0.4) is 0 Å². The van der Waals surface area contributed by atoms with Crippen LogP contribution in [0.1, 0.15) is 46.4 Å². The van der Waals surface area contributed by atoms with Gasteiger partial charge in [0.25, 0.3) is 0 Å². The maximum atomic E-state index is 11.1. The summed E-state index contributed by atoms with van der Waals surface area (Å²) in [7, 11) is 0. The minimum absolute atomic E-state index is 0.00832. The van der Waals surface area contributed by atoms with E-state index in [1.165, 1.54) is 16.0 Å². The zero-order chi connectivity index (χ0) is 23.2. The molecular formula is C27H26ClNO3S. The predicted octanol–water partition coefficient (Wildman–Crippen LogP) is 6.12. The van der Waals surface area contributed by atoms with E-state index in [2.05, 4.69) is 47.1 Å². The van der Waals surface area contributed by atoms with Crippen molar-refractivity contribution in [2.24, 2.45) is 0 Å². The van der Waals surface area contributed by atoms with E-state index in [0.29, 0.717) is 6.61 Å². The third-order valence-electron chi connectivity index (χ3n) is 5.70. The van der Waals surface area contributed by atoms with Crippen LogP contribution in [0.5, 0.6) is 5.75 Å². The maximum Gasteiger partial charge on any atom is 0.304 e. The second-order valence-corrected chi connectivity index (χ2v) is 9.95. The van der Waals surface area contributed by atoms with Gasteiger partial charge in [0.2, 0.25) is 0 Å². The molecule has 0 saturated carbocycles. The van der Waals surface area contributed by atoms with Crippen molar-refractivity contribution in [1.29, 1.82) is 0 Å². The van der Waals surface area contributed by atoms with Crippen LogP contribution in [0.25, 0.3) is 0 Å². The van der Waals surface area contributed by atoms with Gasteiger partial charge in [0, 0.05) is 24.5 Å². The summed E-state index contributed by atoms with van der Waals surface area (Å²) in [6.07, 6.45) is 1.05. The minimum atomic E-state index is -0.855. The van der Waals surface area contributed by atoms with Crippen LogP contribution in [-0.2, 0) is 30.9 Å². The molecule has 33 heavy (non-hydrogen) atoms. The van der Waals surface area contributed by atoms with E-state index in [1.54, 1.807) is 18.3 Å². The summed E-state index contributed by atoms with van der Waals surface area (Å²) in [5.74, 6) is 5.38. The van der Waals surface area contributed by atoms with E-state index in [-0.39, 0.29) is 12.3 Å². The molecule has 1 atom stereocenters. The van der Waals surface area contributed by atoms with Crippen LogP contribution < -0.4 is 4.74 Å². The summed E-state index contributed by atoms with van der Waals surface area (Å²) in [6.45, 7) is 5.09. The van der Waals surface area contributed by atoms with Crippen LogP contribution >= 0.6 is 22.9 Å². The highest BCUT2D eigenvalue weighted by molar-refractivity contribution is 7.16. The van der Waals surface area contributed by atoms with E-state index < -0.39 is 5.97 Å². The van der Waals surface area contributed by atoms with Crippen molar-refractivity contribution in [2.45, 2.75) is 45.4 Å². The molecule has 0 saturated heterocycles. The van der Waals surface area contributed by atoms with Gasteiger partial charge in [-0.25, -0.2) is 0 Å². The van der Waals surface area contributed by atoms with Gasteiger partial charge in [0.15, 0.2) is 0 Å². The Balaban J connectivity index is 1.34. The number of rotatable bonds is 8. The summed E-state index contributed by atoms with van der Waals surface area (Å²) >= 11 is 7.88. The van der Waals surface area contributed by atoms with Crippen molar-refractivity contribution in [3.63, 3.8) is 0 Å². The Bertz CT molecular complexity index is 1180. The molecule has 4 nitrogen and oxygen atoms in total. The summed E-state index contributed by atoms with van der Waals surface area (Å²) in [5.41, 5.74) is 4.63. The number of carboxylic acid groups (broad SMARTS) is 1. The Kier molecular flexibility index (Phi) is 7.72. The van der Waals surface area contributed by atoms with Crippen LogP contribution in [-0.4, -0.2) is 22.5 Å². The molecule has 0 aliphatic carbocycles. The number of hydrogen-bond donors (Lipinski definition) is 1. The van der Waals surface area contributed by atoms with Crippen molar-refractivity contribution in [3.05, 3.63) is 86.1 Å². The minimum Gasteiger partial charge on any atom is -0.489 e. The van der Waals surface area contributed by atoms with Gasteiger partial charge in [-0.3, -0.25) is 9.69 Å². The normalized spacial score (nSPS) is 14.1. The third-order valence-corrected chi connectivity index (χ3v) is 7.06. The standard InChI is InChI=1S/C27H26ClNO3S/c1-2-4-22(15-27(30)31)21-7-9-24(10-8-21)32-18-20-6-3-5-19(13-20)16-29-12-11-25-23(17-29)14-26(28)33-25/h3,5-10,13-14,22H,11-12,15-18H2,1H3,(H,30,31)/t22-/m0/s1. The number of carboxylic acids is 1. The Morgan fingerprint density at radius 2 is 2.00 bits per heavy atom. The maximum absolute atomic E-state index is 11.1. The fourth-order valence-corrected chi connectivity index (χ4v) is 5.43. The molecule has 2 aromatic carbocycles. The monoisotopic (exact) mass is 479 g/mol. The molecule has 1 aromatic heterocycles. The van der Waals surface area contributed by atoms with E-state index >= 15 is 0 Å². The van der Waals surface area contributed by atoms with Gasteiger partial charge in [-0.05, 0) is 53.8 Å². The number of benzene rings is 2. The molecule has 170 valence electrons. The van der Waals surface area contributed by atoms with Gasteiger partial charge < -0.3 is 9.84 Å². The Hall–Kier alpha value is -2.78. The fourth-order valence-electron chi connectivity index (χ4n) is 4.13. The molecular weight excluding hydrogens is 454 g/mol. The second kappa shape index (κ2) is 10.9. The number of ether oxygens (including phenoxy) is 1. The van der Waals surface area contributed by atoms with Gasteiger partial charge in [-0.1, -0.05) is 53.9 Å². The molecule has 0 radical (unpaired) electrons. The van der Waals surface area contributed by atoms with E-state index in [0.717, 1.165) is 47.3 Å². The molecule has 0 spiro atoms. The highest BCUT2D eigenvalue weighted by atomic mass is 35.5. The molecule has 4 rings (SSSR count). The molecule has 1 N–H and O–H groups in total. The first-order valence-corrected chi connectivity index (χ1v) is 12.1. The van der Waals surface area contributed by atoms with Gasteiger partial charge in [-0.2, -0.15) is 0 Å². The van der Waals surface area contributed by atoms with Crippen LogP contribution in [0.4, 0.5) is 0 Å². The topological polar surface area (TPSA) is 49.8 Å². The van der Waals surface area contributed by atoms with Gasteiger partial charge in [0.1, 0.15) is 12.4 Å². The SMILES string of the molecule is CC#C[C@@H](CC(=O)O)c1ccc(OCc2cccc(CN3CCc4sc(Cl)cc4C3)c2)cc1. The first kappa shape index (κ1) is 23.4. The fraction of sp³-hybridized carbons (Fsp3) is 0.296. The summed E-state index contributed by atoms with van der Waals surface area (Å²) in [5, 5.41) is 9.11. The lowest BCUT2D eigenvalue weighted by molar-refractivity contribution is -0.137. The number of hydrogen-bond acceptors (Lipinski definition) is 4. The quantitative estimate of drug-likeness (QED) is 0.395. The predicted molar refractivity (Wildman–Crippen MR) is 133 cm³/mol. The number of nitrogens with zero attached hydrogens (tertiary/aromatic N) is 1. The van der Waals surface area contributed by atoms with Crippen molar-refractivity contribution < 1.29 is 14.6 Å². The smallest absolute Gasteiger partial charge is 0.304 e. The highest BCUT2D eigenvalue weighted by Crippen LogP contribution is 2.31. The van der Waals surface area contributed by atoms with Crippen LogP contribution in [0, 0.1) is 11.8 Å². The Morgan fingerprint density at radius 3 is 2.76 bits per heavy atom. The van der Waals surface area contributed by atoms with Crippen molar-refractivity contribution in [2.75, 3.05) is 6.54 Å². The number of halogens is 1. The molecule has 3 aromatic rings. The largest absolute Gasteiger partial charge is 0.489 e. The molecule has 1 aliphatic rings. The zero-order valence-corrected chi connectivity index (χ0v) is 20.1. The Morgan fingerprint density at radius 1 is 1.21 bits per heavy atom. The lowest BCUT2D eigenvalue weighted by Gasteiger charge is -2.26. The lowest BCUT2D eigenvalue weighted by atomic mass is 9.96. The third kappa shape index (κ3) is 6.39. The van der Waals surface area contributed by atoms with Gasteiger partial charge in [0.05, 0.1) is 16.7 Å². The molecule has 1 aliphatic heterocycles. The average Bonchev–Trinajstić information content (AvgIpc) is 3.17. The molecule has 6 heteroatoms. The number of aliphatic carboxylic acids is 1. The molecule has 0 fully saturated rings. The Labute approximate surface area is 203 Å². The van der Waals surface area contributed by atoms with Crippen LogP contribution in [0.2, 0.25) is 4.34 Å². The number of thiophene rings is 1. The number of fused-ring (bicyclic) bond motifs is 1. The first-order chi connectivity index (χ1) is 16.0. The van der Waals surface area contributed by atoms with Gasteiger partial charge >= 0.3 is 5.97 Å². The summed E-state index contributed by atoms with van der Waals surface area (Å²) in [6, 6.07) is 18.2. The van der Waals surface area contributed by atoms with Gasteiger partial charge in [-0.15, -0.1) is 17.3 Å². The van der Waals surface area contributed by atoms with Crippen molar-refractivity contribution in [1.82, 2.24) is 4.90 Å². The van der Waals surface area contributed by atoms with E-state index in [9.17, 15) is 4.79 Å². The average molecular weight is 480 g/mol. The molecule has 0 unspecified atom stereocenters. The molecule has 2 heterocycles. The van der Waals surface area contributed by atoms with Crippen molar-refractivity contribution in [3.8, 4) is 17.6 Å². The number of carbonyl (C=O) groups is 1. The highest BCUT2D eigenvalue weighted by Gasteiger charge is 2.19. The van der Waals surface area contributed by atoms with Crippen molar-refractivity contribution >= 4 is 28.9 Å². The van der Waals surface area contributed by atoms with E-state index in [4.69, 9.17) is 21.4 Å². The summed E-state index contributed by atoms with van der Waals surface area (Å²) in [4.78, 5) is 15.0. The molecule has 0 bridgehead atoms. The van der Waals surface area contributed by atoms with E-state index in [1.807, 2.05) is 24.3 Å². The first-order valence-electron chi connectivity index (χ1n) is 10.9.